The van der Waals surface area contributed by atoms with Crippen LogP contribution in [0.4, 0.5) is 5.69 Å². The monoisotopic (exact) mass is 361 g/mol. The Labute approximate surface area is 157 Å². The number of rotatable bonds is 6. The Morgan fingerprint density at radius 1 is 0.815 bits per heavy atom. The largest absolute Gasteiger partial charge is 0.488 e. The molecule has 0 heterocycles. The summed E-state index contributed by atoms with van der Waals surface area (Å²) in [5, 5.41) is 2.76. The second-order valence-electron chi connectivity index (χ2n) is 5.76. The maximum Gasteiger partial charge on any atom is 0.339 e. The molecule has 0 atom stereocenters. The van der Waals surface area contributed by atoms with Crippen molar-refractivity contribution >= 4 is 17.6 Å². The van der Waals surface area contributed by atoms with Gasteiger partial charge in [-0.15, -0.1) is 0 Å². The average molecular weight is 361 g/mol. The lowest BCUT2D eigenvalue weighted by Crippen LogP contribution is -2.16. The van der Waals surface area contributed by atoms with Crippen LogP contribution in [0.15, 0.2) is 78.9 Å². The number of carbonyl (C=O) groups excluding carboxylic acids is 2. The molecule has 0 aliphatic rings. The summed E-state index contributed by atoms with van der Waals surface area (Å²) in [5.74, 6) is -0.413. The summed E-state index contributed by atoms with van der Waals surface area (Å²) in [7, 11) is 1.30. The average Bonchev–Trinajstić information content (AvgIpc) is 2.73. The second kappa shape index (κ2) is 8.67. The van der Waals surface area contributed by atoms with E-state index in [-0.39, 0.29) is 11.5 Å². The van der Waals surface area contributed by atoms with E-state index in [4.69, 9.17) is 9.47 Å². The quantitative estimate of drug-likeness (QED) is 0.665. The molecule has 27 heavy (non-hydrogen) atoms. The number of hydrogen-bond acceptors (Lipinski definition) is 4. The Morgan fingerprint density at radius 2 is 1.44 bits per heavy atom. The molecule has 0 aliphatic heterocycles. The predicted octanol–water partition coefficient (Wildman–Crippen LogP) is 4.30. The highest BCUT2D eigenvalue weighted by molar-refractivity contribution is 6.09. The van der Waals surface area contributed by atoms with Crippen LogP contribution in [0.3, 0.4) is 0 Å². The van der Waals surface area contributed by atoms with E-state index in [1.807, 2.05) is 30.3 Å². The van der Waals surface area contributed by atoms with Gasteiger partial charge in [-0.2, -0.15) is 0 Å². The number of amides is 1. The highest BCUT2D eigenvalue weighted by atomic mass is 16.5. The number of esters is 1. The number of ether oxygens (including phenoxy) is 2. The molecule has 0 bridgehead atoms. The third-order valence-electron chi connectivity index (χ3n) is 3.95. The molecule has 0 aromatic heterocycles. The van der Waals surface area contributed by atoms with Crippen LogP contribution in [-0.2, 0) is 11.3 Å². The number of para-hydroxylation sites is 2. The van der Waals surface area contributed by atoms with Gasteiger partial charge in [-0.3, -0.25) is 4.79 Å². The third-order valence-corrected chi connectivity index (χ3v) is 3.95. The van der Waals surface area contributed by atoms with Gasteiger partial charge < -0.3 is 14.8 Å². The zero-order chi connectivity index (χ0) is 19.1. The molecule has 0 spiro atoms. The first kappa shape index (κ1) is 18.2. The summed E-state index contributed by atoms with van der Waals surface area (Å²) in [6.45, 7) is 0.351. The van der Waals surface area contributed by atoms with E-state index in [1.54, 1.807) is 48.5 Å². The van der Waals surface area contributed by atoms with E-state index in [2.05, 4.69) is 5.32 Å². The Kier molecular flexibility index (Phi) is 5.84. The zero-order valence-electron chi connectivity index (χ0n) is 14.8. The molecule has 0 aliphatic carbocycles. The van der Waals surface area contributed by atoms with Crippen molar-refractivity contribution in [1.29, 1.82) is 0 Å². The summed E-state index contributed by atoms with van der Waals surface area (Å²) in [6, 6.07) is 23.4. The first-order valence-electron chi connectivity index (χ1n) is 8.43. The molecular weight excluding hydrogens is 342 g/mol. The molecule has 3 aromatic rings. The lowest BCUT2D eigenvalue weighted by Gasteiger charge is -2.13. The van der Waals surface area contributed by atoms with E-state index in [0.717, 1.165) is 5.56 Å². The number of carbonyl (C=O) groups is 2. The molecule has 0 saturated carbocycles. The van der Waals surface area contributed by atoms with Crippen LogP contribution in [-0.4, -0.2) is 19.0 Å². The summed E-state index contributed by atoms with van der Waals surface area (Å²) in [4.78, 5) is 24.6. The van der Waals surface area contributed by atoms with Crippen molar-refractivity contribution < 1.29 is 19.1 Å². The summed E-state index contributed by atoms with van der Waals surface area (Å²) in [5.41, 5.74) is 2.06. The van der Waals surface area contributed by atoms with Gasteiger partial charge in [0.1, 0.15) is 12.4 Å². The van der Waals surface area contributed by atoms with Crippen molar-refractivity contribution in [2.45, 2.75) is 6.61 Å². The van der Waals surface area contributed by atoms with Gasteiger partial charge in [-0.05, 0) is 29.8 Å². The number of nitrogens with one attached hydrogen (secondary N) is 1. The van der Waals surface area contributed by atoms with E-state index in [9.17, 15) is 9.59 Å². The van der Waals surface area contributed by atoms with E-state index >= 15 is 0 Å². The van der Waals surface area contributed by atoms with Crippen molar-refractivity contribution in [3.63, 3.8) is 0 Å². The molecule has 136 valence electrons. The number of methoxy groups -OCH3 is 1. The molecule has 0 unspecified atom stereocenters. The van der Waals surface area contributed by atoms with Gasteiger partial charge in [0.05, 0.1) is 23.9 Å². The van der Waals surface area contributed by atoms with E-state index in [0.29, 0.717) is 23.6 Å². The normalized spacial score (nSPS) is 10.1. The zero-order valence-corrected chi connectivity index (χ0v) is 14.8. The van der Waals surface area contributed by atoms with Gasteiger partial charge in [0.2, 0.25) is 0 Å². The predicted molar refractivity (Wildman–Crippen MR) is 103 cm³/mol. The maximum atomic E-state index is 12.8. The molecule has 1 amide bonds. The molecular formula is C22H19NO4. The van der Waals surface area contributed by atoms with Gasteiger partial charge in [-0.1, -0.05) is 54.6 Å². The second-order valence-corrected chi connectivity index (χ2v) is 5.76. The summed E-state index contributed by atoms with van der Waals surface area (Å²) >= 11 is 0. The number of hydrogen-bond donors (Lipinski definition) is 1. The molecule has 0 fully saturated rings. The third kappa shape index (κ3) is 4.52. The standard InChI is InChI=1S/C22H19NO4/c1-26-22(25)17-11-5-7-13-19(17)23-21(24)18-12-6-8-14-20(18)27-15-16-9-3-2-4-10-16/h2-14H,15H2,1H3,(H,23,24). The molecule has 3 rings (SSSR count). The fourth-order valence-corrected chi connectivity index (χ4v) is 2.59. The van der Waals surface area contributed by atoms with Gasteiger partial charge >= 0.3 is 5.97 Å². The van der Waals surface area contributed by atoms with E-state index < -0.39 is 5.97 Å². The van der Waals surface area contributed by atoms with Gasteiger partial charge in [0, 0.05) is 0 Å². The topological polar surface area (TPSA) is 64.6 Å². The van der Waals surface area contributed by atoms with Crippen LogP contribution in [0, 0.1) is 0 Å². The first-order valence-corrected chi connectivity index (χ1v) is 8.43. The Morgan fingerprint density at radius 3 is 2.19 bits per heavy atom. The van der Waals surface area contributed by atoms with Crippen LogP contribution >= 0.6 is 0 Å². The fourth-order valence-electron chi connectivity index (χ4n) is 2.59. The van der Waals surface area contributed by atoms with Crippen molar-refractivity contribution in [3.8, 4) is 5.75 Å². The van der Waals surface area contributed by atoms with Crippen LogP contribution in [0.25, 0.3) is 0 Å². The molecule has 3 aromatic carbocycles. The van der Waals surface area contributed by atoms with Crippen LogP contribution < -0.4 is 10.1 Å². The Hall–Kier alpha value is -3.60. The van der Waals surface area contributed by atoms with Crippen LogP contribution in [0.5, 0.6) is 5.75 Å². The smallest absolute Gasteiger partial charge is 0.339 e. The minimum Gasteiger partial charge on any atom is -0.488 e. The lowest BCUT2D eigenvalue weighted by molar-refractivity contribution is 0.0602. The van der Waals surface area contributed by atoms with Crippen molar-refractivity contribution in [2.75, 3.05) is 12.4 Å². The molecule has 5 heteroatoms. The van der Waals surface area contributed by atoms with Gasteiger partial charge in [0.15, 0.2) is 0 Å². The van der Waals surface area contributed by atoms with E-state index in [1.165, 1.54) is 7.11 Å². The minimum absolute atomic E-state index is 0.288. The van der Waals surface area contributed by atoms with Gasteiger partial charge in [-0.25, -0.2) is 4.79 Å². The van der Waals surface area contributed by atoms with Crippen molar-refractivity contribution in [2.24, 2.45) is 0 Å². The van der Waals surface area contributed by atoms with Crippen LogP contribution in [0.2, 0.25) is 0 Å². The SMILES string of the molecule is COC(=O)c1ccccc1NC(=O)c1ccccc1OCc1ccccc1. The lowest BCUT2D eigenvalue weighted by atomic mass is 10.1. The fraction of sp³-hybridized carbons (Fsp3) is 0.0909. The first-order chi connectivity index (χ1) is 13.2. The van der Waals surface area contributed by atoms with Crippen LogP contribution in [0.1, 0.15) is 26.3 Å². The highest BCUT2D eigenvalue weighted by Crippen LogP contribution is 2.23. The molecule has 1 N–H and O–H groups in total. The molecule has 5 nitrogen and oxygen atoms in total. The Bertz CT molecular complexity index is 938. The van der Waals surface area contributed by atoms with Crippen molar-refractivity contribution in [3.05, 3.63) is 95.6 Å². The number of anilines is 1. The van der Waals surface area contributed by atoms with Crippen molar-refractivity contribution in [1.82, 2.24) is 0 Å². The van der Waals surface area contributed by atoms with Gasteiger partial charge in [0.25, 0.3) is 5.91 Å². The number of benzene rings is 3. The Balaban J connectivity index is 1.79. The highest BCUT2D eigenvalue weighted by Gasteiger charge is 2.17. The summed E-state index contributed by atoms with van der Waals surface area (Å²) in [6.07, 6.45) is 0. The molecule has 0 radical (unpaired) electrons. The minimum atomic E-state index is -0.514. The molecule has 0 saturated heterocycles. The summed E-state index contributed by atoms with van der Waals surface area (Å²) < 4.78 is 10.6. The maximum absolute atomic E-state index is 12.8.